The van der Waals surface area contributed by atoms with Gasteiger partial charge in [-0.3, -0.25) is 4.99 Å². The number of guanidine groups is 1. The van der Waals surface area contributed by atoms with Gasteiger partial charge in [0, 0.05) is 26.7 Å². The molecule has 116 valence electrons. The summed E-state index contributed by atoms with van der Waals surface area (Å²) >= 11 is 0. The van der Waals surface area contributed by atoms with Crippen LogP contribution >= 0.6 is 24.0 Å². The lowest BCUT2D eigenvalue weighted by Crippen LogP contribution is -2.39. The molecule has 0 atom stereocenters. The van der Waals surface area contributed by atoms with Crippen LogP contribution in [0.4, 0.5) is 0 Å². The van der Waals surface area contributed by atoms with E-state index in [0.29, 0.717) is 0 Å². The molecular weight excluding hydrogens is 353 g/mol. The van der Waals surface area contributed by atoms with Crippen LogP contribution in [0.5, 0.6) is 0 Å². The number of hydrogen-bond acceptors (Lipinski definition) is 2. The summed E-state index contributed by atoms with van der Waals surface area (Å²) in [5.74, 6) is 1.64. The van der Waals surface area contributed by atoms with Gasteiger partial charge < -0.3 is 15.4 Å². The summed E-state index contributed by atoms with van der Waals surface area (Å²) < 4.78 is 5.48. The van der Waals surface area contributed by atoms with Crippen LogP contribution in [0.2, 0.25) is 0 Å². The van der Waals surface area contributed by atoms with E-state index >= 15 is 0 Å². The first-order valence-electron chi connectivity index (χ1n) is 7.23. The highest BCUT2D eigenvalue weighted by Gasteiger charge is 1.97. The molecule has 0 unspecified atom stereocenters. The van der Waals surface area contributed by atoms with Crippen LogP contribution in [-0.2, 0) is 4.74 Å². The molecule has 2 N–H and O–H groups in total. The van der Waals surface area contributed by atoms with Gasteiger partial charge in [0.15, 0.2) is 5.96 Å². The first-order valence-corrected chi connectivity index (χ1v) is 7.23. The van der Waals surface area contributed by atoms with Crippen LogP contribution in [0.15, 0.2) is 4.99 Å². The van der Waals surface area contributed by atoms with E-state index in [4.69, 9.17) is 4.74 Å². The van der Waals surface area contributed by atoms with E-state index in [1.165, 1.54) is 19.3 Å². The quantitative estimate of drug-likeness (QED) is 0.263. The molecule has 0 heterocycles. The van der Waals surface area contributed by atoms with Gasteiger partial charge in [0.25, 0.3) is 0 Å². The topological polar surface area (TPSA) is 45.6 Å². The Labute approximate surface area is 136 Å². The van der Waals surface area contributed by atoms with Crippen LogP contribution in [0.1, 0.15) is 46.5 Å². The zero-order valence-corrected chi connectivity index (χ0v) is 15.3. The molecule has 5 heteroatoms. The fraction of sp³-hybridized carbons (Fsp3) is 0.929. The monoisotopic (exact) mass is 385 g/mol. The Morgan fingerprint density at radius 1 is 1.11 bits per heavy atom. The second-order valence-electron chi connectivity index (χ2n) is 4.93. The van der Waals surface area contributed by atoms with Gasteiger partial charge in [0.05, 0.1) is 6.61 Å². The zero-order chi connectivity index (χ0) is 13.6. The fourth-order valence-corrected chi connectivity index (χ4v) is 1.53. The third-order valence-corrected chi connectivity index (χ3v) is 2.66. The summed E-state index contributed by atoms with van der Waals surface area (Å²) in [5.41, 5.74) is 0. The Hall–Kier alpha value is -0.0400. The lowest BCUT2D eigenvalue weighted by atomic mass is 10.1. The van der Waals surface area contributed by atoms with Crippen molar-refractivity contribution in [2.24, 2.45) is 10.9 Å². The van der Waals surface area contributed by atoms with E-state index in [1.54, 1.807) is 7.05 Å². The van der Waals surface area contributed by atoms with Crippen molar-refractivity contribution in [3.8, 4) is 0 Å². The summed E-state index contributed by atoms with van der Waals surface area (Å²) in [5, 5.41) is 6.56. The molecule has 0 radical (unpaired) electrons. The Balaban J connectivity index is 0. The van der Waals surface area contributed by atoms with Gasteiger partial charge in [0.2, 0.25) is 0 Å². The third-order valence-electron chi connectivity index (χ3n) is 2.66. The van der Waals surface area contributed by atoms with Gasteiger partial charge in [-0.25, -0.2) is 0 Å². The molecule has 19 heavy (non-hydrogen) atoms. The molecule has 0 fully saturated rings. The van der Waals surface area contributed by atoms with Crippen molar-refractivity contribution >= 4 is 29.9 Å². The van der Waals surface area contributed by atoms with E-state index < -0.39 is 0 Å². The lowest BCUT2D eigenvalue weighted by Gasteiger charge is -2.12. The molecule has 0 bridgehead atoms. The molecule has 0 amide bonds. The summed E-state index contributed by atoms with van der Waals surface area (Å²) in [4.78, 5) is 4.18. The van der Waals surface area contributed by atoms with Gasteiger partial charge in [0.1, 0.15) is 0 Å². The van der Waals surface area contributed by atoms with Crippen molar-refractivity contribution in [2.75, 3.05) is 33.4 Å². The molecule has 0 aliphatic heterocycles. The standard InChI is InChI=1S/C14H31N3O.HI/c1-5-6-11-18-12-10-17-14(15-4)16-9-7-8-13(2)3;/h13H,5-12H2,1-4H3,(H2,15,16,17);1H. The van der Waals surface area contributed by atoms with Crippen LogP contribution in [-0.4, -0.2) is 39.3 Å². The van der Waals surface area contributed by atoms with E-state index in [-0.39, 0.29) is 24.0 Å². The Kier molecular flexibility index (Phi) is 17.9. The summed E-state index contributed by atoms with van der Waals surface area (Å²) in [6.07, 6.45) is 4.77. The second-order valence-corrected chi connectivity index (χ2v) is 4.93. The van der Waals surface area contributed by atoms with Crippen LogP contribution in [0.3, 0.4) is 0 Å². The Bertz CT molecular complexity index is 211. The largest absolute Gasteiger partial charge is 0.380 e. The summed E-state index contributed by atoms with van der Waals surface area (Å²) in [6.45, 7) is 10.1. The maximum atomic E-state index is 5.48. The van der Waals surface area contributed by atoms with Gasteiger partial charge in [-0.1, -0.05) is 27.2 Å². The van der Waals surface area contributed by atoms with Crippen molar-refractivity contribution in [1.82, 2.24) is 10.6 Å². The molecule has 0 aromatic heterocycles. The maximum absolute atomic E-state index is 5.48. The Morgan fingerprint density at radius 3 is 2.37 bits per heavy atom. The molecule has 0 aromatic carbocycles. The minimum Gasteiger partial charge on any atom is -0.380 e. The molecule has 0 aromatic rings. The number of ether oxygens (including phenoxy) is 1. The predicted molar refractivity (Wildman–Crippen MR) is 94.6 cm³/mol. The number of rotatable bonds is 10. The van der Waals surface area contributed by atoms with Crippen molar-refractivity contribution in [3.05, 3.63) is 0 Å². The molecule has 0 spiro atoms. The predicted octanol–water partition coefficient (Wildman–Crippen LogP) is 3.02. The van der Waals surface area contributed by atoms with Crippen molar-refractivity contribution in [1.29, 1.82) is 0 Å². The molecule has 0 saturated heterocycles. The smallest absolute Gasteiger partial charge is 0.191 e. The normalized spacial score (nSPS) is 11.3. The molecule has 0 aliphatic rings. The number of halogens is 1. The van der Waals surface area contributed by atoms with Crippen LogP contribution < -0.4 is 10.6 Å². The fourth-order valence-electron chi connectivity index (χ4n) is 1.53. The van der Waals surface area contributed by atoms with Gasteiger partial charge in [-0.2, -0.15) is 0 Å². The molecule has 4 nitrogen and oxygen atoms in total. The van der Waals surface area contributed by atoms with Gasteiger partial charge in [-0.15, -0.1) is 24.0 Å². The highest BCUT2D eigenvalue weighted by molar-refractivity contribution is 14.0. The van der Waals surface area contributed by atoms with Crippen molar-refractivity contribution in [3.63, 3.8) is 0 Å². The zero-order valence-electron chi connectivity index (χ0n) is 13.0. The molecule has 0 rings (SSSR count). The van der Waals surface area contributed by atoms with Gasteiger partial charge >= 0.3 is 0 Å². The summed E-state index contributed by atoms with van der Waals surface area (Å²) in [7, 11) is 1.80. The highest BCUT2D eigenvalue weighted by Crippen LogP contribution is 2.01. The summed E-state index contributed by atoms with van der Waals surface area (Å²) in [6, 6.07) is 0. The number of nitrogens with zero attached hydrogens (tertiary/aromatic N) is 1. The van der Waals surface area contributed by atoms with E-state index in [2.05, 4.69) is 36.4 Å². The Morgan fingerprint density at radius 2 is 1.79 bits per heavy atom. The van der Waals surface area contributed by atoms with E-state index in [1.807, 2.05) is 0 Å². The lowest BCUT2D eigenvalue weighted by molar-refractivity contribution is 0.136. The number of unbranched alkanes of at least 4 members (excludes halogenated alkanes) is 1. The maximum Gasteiger partial charge on any atom is 0.191 e. The first-order chi connectivity index (χ1) is 8.70. The molecule has 0 aliphatic carbocycles. The van der Waals surface area contributed by atoms with Crippen LogP contribution in [0.25, 0.3) is 0 Å². The average Bonchev–Trinajstić information content (AvgIpc) is 2.35. The minimum atomic E-state index is 0. The SMILES string of the molecule is CCCCOCCNC(=NC)NCCCC(C)C.I. The molecule has 0 saturated carbocycles. The third kappa shape index (κ3) is 15.9. The second kappa shape index (κ2) is 16.0. The van der Waals surface area contributed by atoms with E-state index in [9.17, 15) is 0 Å². The number of aliphatic imine (C=N–C) groups is 1. The van der Waals surface area contributed by atoms with Gasteiger partial charge in [-0.05, 0) is 25.2 Å². The van der Waals surface area contributed by atoms with Crippen molar-refractivity contribution < 1.29 is 4.74 Å². The molecular formula is C14H32IN3O. The van der Waals surface area contributed by atoms with Crippen LogP contribution in [0, 0.1) is 5.92 Å². The number of hydrogen-bond donors (Lipinski definition) is 2. The average molecular weight is 385 g/mol. The first kappa shape index (κ1) is 21.3. The minimum absolute atomic E-state index is 0. The van der Waals surface area contributed by atoms with E-state index in [0.717, 1.165) is 44.6 Å². The van der Waals surface area contributed by atoms with Crippen molar-refractivity contribution in [2.45, 2.75) is 46.5 Å². The highest BCUT2D eigenvalue weighted by atomic mass is 127. The number of nitrogens with one attached hydrogen (secondary N) is 2.